The standard InChI is InChI=1S/C33H35FN2O5.C24H36O5.C23H26FNO4.C23H36O7/c1-21(2)31-30(33(41)35-25-11-7-4-8-12-25)29(22-9-5-3-6-10-22)32(23-13-15-24(34)16-14-23)36(31)18-17-26(37)19-27(38)20-28(39)40;1-5-15(3)24(27)29-21-11-14(2)10-17-7-6-16(4)20(23(17)21)9-8-19-12-18(25)13-22(26)28-19;1-14(2)25-20-6-4-3-5-19(20)23(15-7-9-16(24)10-8-15)21(25)12-17(26)11-18(27)13-22(28)29;1-4-13(2)23(29)30-20-11-17(25)9-15-6-5-14(3)19(22(15)20)8-7-16(24)10-18(26)12-21(27)28/h3-16,21,26-27,37-38H,17-20H2,1-2H3,(H,35,41)(H,39,40);6-7,10,14-16,18-21,23,25H,5,8-9,11-13H2,1-4H3;3-4,7-10,12,14,18,26-27H,5-6,11,13H2,1-2H3,(H,28,29);5-6,9,13-14,16-20,22,24-26H,4,7-8,10-12H2,1-3H3,(H,27,28)/p-1. The van der Waals surface area contributed by atoms with Gasteiger partial charge in [-0.3, -0.25) is 28.8 Å². The summed E-state index contributed by atoms with van der Waals surface area (Å²) in [6.07, 6.45) is 17.1. The third-order valence-corrected chi connectivity index (χ3v) is 25.4. The maximum absolute atomic E-state index is 14.0. The summed E-state index contributed by atoms with van der Waals surface area (Å²) < 4.78 is 49.0. The van der Waals surface area contributed by atoms with E-state index in [-0.39, 0.29) is 140 Å². The first kappa shape index (κ1) is 102. The highest BCUT2D eigenvalue weighted by molar-refractivity contribution is 6.12. The second-order valence-electron chi connectivity index (χ2n) is 36.3. The van der Waals surface area contributed by atoms with Crippen LogP contribution < -0.4 is 10.4 Å². The molecule has 26 heteroatoms. The monoisotopic (exact) mass is 1780 g/mol. The fourth-order valence-corrected chi connectivity index (χ4v) is 18.7. The Bertz CT molecular complexity index is 4930. The number of aliphatic hydroxyl groups is 8. The molecule has 1 saturated heterocycles. The number of anilines is 1. The molecule has 0 saturated carbocycles. The minimum absolute atomic E-state index is 0.0156. The topological polar surface area (TPSA) is 394 Å². The molecule has 4 aromatic carbocycles. The number of carbonyl (C=O) groups is 7. The lowest BCUT2D eigenvalue weighted by atomic mass is 9.65. The molecule has 24 nitrogen and oxygen atoms in total. The number of esters is 3. The number of carbonyl (C=O) groups excluding carboxylic acids is 5. The number of rotatable bonds is 35. The summed E-state index contributed by atoms with van der Waals surface area (Å²) >= 11 is 0. The second-order valence-corrected chi connectivity index (χ2v) is 36.3. The van der Waals surface area contributed by atoms with Gasteiger partial charge in [0.05, 0.1) is 96.5 Å². The van der Waals surface area contributed by atoms with Gasteiger partial charge in [0, 0.05) is 96.8 Å². The average molecular weight is 1790 g/mol. The zero-order valence-corrected chi connectivity index (χ0v) is 76.0. The summed E-state index contributed by atoms with van der Waals surface area (Å²) in [7, 11) is 0. The number of aliphatic carboxylic acids is 3. The molecule has 0 bridgehead atoms. The number of cyclic esters (lactones) is 1. The number of fused-ring (bicyclic) bond motifs is 3. The number of carboxylic acids is 3. The molecule has 5 aliphatic carbocycles. The zero-order valence-electron chi connectivity index (χ0n) is 76.0. The lowest BCUT2D eigenvalue weighted by Gasteiger charge is -2.43. The molecular formula is C103H132F2N3O21-. The Morgan fingerprint density at radius 1 is 0.597 bits per heavy atom. The normalized spacial score (nSPS) is 23.2. The first-order chi connectivity index (χ1) is 61.3. The van der Waals surface area contributed by atoms with Gasteiger partial charge in [0.1, 0.15) is 29.9 Å². The summed E-state index contributed by atoms with van der Waals surface area (Å²) in [4.78, 5) is 83.0. The Hall–Kier alpha value is -10.4. The van der Waals surface area contributed by atoms with Crippen LogP contribution in [0.1, 0.15) is 230 Å². The Balaban J connectivity index is 0.000000196. The molecular weight excluding hydrogens is 1650 g/mol. The summed E-state index contributed by atoms with van der Waals surface area (Å²) in [6.45, 7) is 22.5. The van der Waals surface area contributed by atoms with Gasteiger partial charge in [-0.05, 0) is 202 Å². The molecule has 1 fully saturated rings. The SMILES string of the molecule is CC(C)c1c(C(=O)Nc2ccccc2)c(-c2ccccc2)c(-c2ccc(F)cc2)n1CCC(O)CC(O)CC(=O)[O-].CC(C)n1c(C=C(O)CC(O)CC(=O)O)c(-c2ccc(F)cc2)c2c1CC=CC2.CCC(C)C(=O)OC1CC(C)C=C2C=CC(C)C(CCC3CC(O)CC(=O)O3)C21.CCC(C)C(=O)OC1CC(O)C=C2C=CC(C)C(CCC(O)CC(O)CC(=O)O)C21. The molecule has 0 spiro atoms. The maximum atomic E-state index is 14.0. The van der Waals surface area contributed by atoms with Crippen LogP contribution in [0, 0.1) is 64.9 Å². The number of hydrogen-bond donors (Lipinski definition) is 11. The van der Waals surface area contributed by atoms with Gasteiger partial charge in [-0.1, -0.05) is 172 Å². The van der Waals surface area contributed by atoms with Gasteiger partial charge in [-0.15, -0.1) is 0 Å². The van der Waals surface area contributed by atoms with Crippen molar-refractivity contribution >= 4 is 53.5 Å². The van der Waals surface area contributed by atoms with E-state index in [4.69, 9.17) is 24.4 Å². The third-order valence-electron chi connectivity index (χ3n) is 25.4. The van der Waals surface area contributed by atoms with Gasteiger partial charge in [0.15, 0.2) is 0 Å². The zero-order chi connectivity index (χ0) is 94.2. The summed E-state index contributed by atoms with van der Waals surface area (Å²) in [5.41, 5.74) is 11.8. The van der Waals surface area contributed by atoms with Crippen LogP contribution in [-0.2, 0) is 62.4 Å². The fourth-order valence-electron chi connectivity index (χ4n) is 18.7. The van der Waals surface area contributed by atoms with E-state index in [1.807, 2.05) is 107 Å². The van der Waals surface area contributed by atoms with E-state index in [0.717, 1.165) is 83.4 Å². The van der Waals surface area contributed by atoms with Crippen molar-refractivity contribution in [2.75, 3.05) is 5.32 Å². The molecule has 700 valence electrons. The van der Waals surface area contributed by atoms with E-state index in [9.17, 15) is 88.3 Å². The van der Waals surface area contributed by atoms with Crippen LogP contribution >= 0.6 is 0 Å². The Kier molecular flexibility index (Phi) is 38.4. The summed E-state index contributed by atoms with van der Waals surface area (Å²) in [6, 6.07) is 31.1. The predicted octanol–water partition coefficient (Wildman–Crippen LogP) is 16.3. The number of para-hydroxylation sites is 1. The van der Waals surface area contributed by atoms with Crippen molar-refractivity contribution in [3.63, 3.8) is 0 Å². The molecule has 1 aliphatic heterocycles. The molecule has 19 unspecified atom stereocenters. The third kappa shape index (κ3) is 28.8. The molecule has 19 atom stereocenters. The Morgan fingerprint density at radius 3 is 1.67 bits per heavy atom. The number of allylic oxidation sites excluding steroid dienone is 7. The van der Waals surface area contributed by atoms with Crippen molar-refractivity contribution in [3.05, 3.63) is 215 Å². The molecule has 6 aliphatic rings. The molecule has 0 radical (unpaired) electrons. The average Bonchev–Trinajstić information content (AvgIpc) is 1.60. The lowest BCUT2D eigenvalue weighted by Crippen LogP contribution is -2.43. The Morgan fingerprint density at radius 2 is 1.12 bits per heavy atom. The van der Waals surface area contributed by atoms with Crippen LogP contribution in [0.15, 0.2) is 175 Å². The van der Waals surface area contributed by atoms with Crippen molar-refractivity contribution in [1.82, 2.24) is 9.13 Å². The van der Waals surface area contributed by atoms with Gasteiger partial charge in [-0.25, -0.2) is 8.78 Å². The molecule has 11 N–H and O–H groups in total. The number of aromatic nitrogens is 2. The van der Waals surface area contributed by atoms with Crippen LogP contribution in [0.4, 0.5) is 14.5 Å². The first-order valence-corrected chi connectivity index (χ1v) is 45.6. The molecule has 2 aromatic heterocycles. The van der Waals surface area contributed by atoms with Crippen LogP contribution in [-0.4, -0.2) is 163 Å². The molecule has 1 amide bonds. The number of nitrogens with one attached hydrogen (secondary N) is 1. The van der Waals surface area contributed by atoms with Crippen molar-refractivity contribution in [2.24, 2.45) is 53.3 Å². The van der Waals surface area contributed by atoms with Crippen LogP contribution in [0.3, 0.4) is 0 Å². The number of nitrogens with zero attached hydrogens (tertiary/aromatic N) is 2. The summed E-state index contributed by atoms with van der Waals surface area (Å²) in [5, 5.41) is 113. The first-order valence-electron chi connectivity index (χ1n) is 45.6. The second kappa shape index (κ2) is 48.4. The van der Waals surface area contributed by atoms with E-state index in [0.29, 0.717) is 77.9 Å². The predicted molar refractivity (Wildman–Crippen MR) is 487 cm³/mol. The van der Waals surface area contributed by atoms with Crippen molar-refractivity contribution in [3.8, 4) is 33.5 Å². The van der Waals surface area contributed by atoms with Gasteiger partial charge in [0.25, 0.3) is 5.91 Å². The van der Waals surface area contributed by atoms with Crippen molar-refractivity contribution in [2.45, 2.75) is 278 Å². The lowest BCUT2D eigenvalue weighted by molar-refractivity contribution is -0.307. The molecule has 3 heterocycles. The molecule has 12 rings (SSSR count). The van der Waals surface area contributed by atoms with Gasteiger partial charge >= 0.3 is 29.8 Å². The number of carboxylic acid groups (broad SMARTS) is 3. The van der Waals surface area contributed by atoms with Crippen LogP contribution in [0.2, 0.25) is 0 Å². The minimum atomic E-state index is -1.39. The number of hydrogen-bond acceptors (Lipinski definition) is 19. The summed E-state index contributed by atoms with van der Waals surface area (Å²) in [5.74, 6) is -4.29. The number of ether oxygens (including phenoxy) is 3. The van der Waals surface area contributed by atoms with Crippen molar-refractivity contribution < 1.29 is 113 Å². The highest BCUT2D eigenvalue weighted by Crippen LogP contribution is 2.49. The van der Waals surface area contributed by atoms with Gasteiger partial charge < -0.3 is 89.6 Å². The smallest absolute Gasteiger partial charge is 0.308 e. The van der Waals surface area contributed by atoms with E-state index in [2.05, 4.69) is 81.0 Å². The molecule has 129 heavy (non-hydrogen) atoms. The quantitative estimate of drug-likeness (QED) is 0.00762. The minimum Gasteiger partial charge on any atom is -0.550 e. The van der Waals surface area contributed by atoms with E-state index < -0.39 is 85.4 Å². The highest BCUT2D eigenvalue weighted by atomic mass is 19.1. The Labute approximate surface area is 755 Å². The van der Waals surface area contributed by atoms with Crippen LogP contribution in [0.25, 0.3) is 39.6 Å². The number of aliphatic hydroxyl groups excluding tert-OH is 8. The highest BCUT2D eigenvalue weighted by Gasteiger charge is 2.45. The number of benzene rings is 4. The fraction of sp³-hybridized carbons (Fsp3) is 0.505. The van der Waals surface area contributed by atoms with Crippen molar-refractivity contribution in [1.29, 1.82) is 0 Å². The van der Waals surface area contributed by atoms with E-state index in [1.54, 1.807) is 42.5 Å². The molecule has 6 aromatic rings. The van der Waals surface area contributed by atoms with Gasteiger partial charge in [-0.2, -0.15) is 0 Å². The van der Waals surface area contributed by atoms with Gasteiger partial charge in [0.2, 0.25) is 0 Å². The number of halogens is 2. The van der Waals surface area contributed by atoms with E-state index in [1.165, 1.54) is 29.8 Å². The maximum Gasteiger partial charge on any atom is 0.308 e. The van der Waals surface area contributed by atoms with E-state index >= 15 is 0 Å². The number of amides is 1. The largest absolute Gasteiger partial charge is 0.550 e. The van der Waals surface area contributed by atoms with Crippen LogP contribution in [0.5, 0.6) is 0 Å².